The summed E-state index contributed by atoms with van der Waals surface area (Å²) in [6.07, 6.45) is 0. The summed E-state index contributed by atoms with van der Waals surface area (Å²) < 4.78 is 5.44. The monoisotopic (exact) mass is 338 g/mol. The van der Waals surface area contributed by atoms with Gasteiger partial charge in [0.05, 0.1) is 11.9 Å². The van der Waals surface area contributed by atoms with E-state index >= 15 is 0 Å². The number of methoxy groups -OCH3 is 1. The van der Waals surface area contributed by atoms with Crippen molar-refractivity contribution < 1.29 is 4.74 Å². The second-order valence-corrected chi connectivity index (χ2v) is 5.88. The lowest BCUT2D eigenvalue weighted by Gasteiger charge is -2.17. The standard InChI is InChI=1S/C16H16BrClO/c1-10-7-8-14(19-3)13(9-10)15(17)12-6-4-5-11(2)16(12)18/h4-9,15H,1-3H3. The summed E-state index contributed by atoms with van der Waals surface area (Å²) in [5, 5.41) is 0.799. The molecular formula is C16H16BrClO. The van der Waals surface area contributed by atoms with Crippen LogP contribution in [0.4, 0.5) is 0 Å². The molecule has 3 heteroatoms. The summed E-state index contributed by atoms with van der Waals surface area (Å²) in [5.74, 6) is 0.866. The van der Waals surface area contributed by atoms with Gasteiger partial charge in [0.25, 0.3) is 0 Å². The summed E-state index contributed by atoms with van der Waals surface area (Å²) in [4.78, 5) is 0.0229. The molecule has 0 fully saturated rings. The first-order valence-electron chi connectivity index (χ1n) is 6.08. The largest absolute Gasteiger partial charge is 0.496 e. The van der Waals surface area contributed by atoms with Crippen molar-refractivity contribution >= 4 is 27.5 Å². The maximum absolute atomic E-state index is 6.40. The molecule has 2 rings (SSSR count). The Bertz CT molecular complexity index is 595. The van der Waals surface area contributed by atoms with Crippen molar-refractivity contribution in [2.45, 2.75) is 18.7 Å². The zero-order chi connectivity index (χ0) is 14.0. The lowest BCUT2D eigenvalue weighted by atomic mass is 10.0. The Morgan fingerprint density at radius 1 is 1.11 bits per heavy atom. The van der Waals surface area contributed by atoms with Crippen LogP contribution in [0.3, 0.4) is 0 Å². The van der Waals surface area contributed by atoms with E-state index < -0.39 is 0 Å². The van der Waals surface area contributed by atoms with Crippen molar-refractivity contribution in [3.8, 4) is 5.75 Å². The van der Waals surface area contributed by atoms with E-state index in [0.29, 0.717) is 0 Å². The molecule has 0 radical (unpaired) electrons. The number of benzene rings is 2. The summed E-state index contributed by atoms with van der Waals surface area (Å²) >= 11 is 10.1. The second-order valence-electron chi connectivity index (χ2n) is 4.59. The minimum atomic E-state index is 0.0229. The first-order chi connectivity index (χ1) is 9.04. The first-order valence-corrected chi connectivity index (χ1v) is 7.37. The number of ether oxygens (including phenoxy) is 1. The van der Waals surface area contributed by atoms with Crippen molar-refractivity contribution in [2.24, 2.45) is 0 Å². The van der Waals surface area contributed by atoms with Crippen LogP contribution < -0.4 is 4.74 Å². The van der Waals surface area contributed by atoms with Gasteiger partial charge in [-0.15, -0.1) is 0 Å². The van der Waals surface area contributed by atoms with Crippen LogP contribution in [0, 0.1) is 13.8 Å². The first kappa shape index (κ1) is 14.4. The topological polar surface area (TPSA) is 9.23 Å². The Morgan fingerprint density at radius 3 is 2.53 bits per heavy atom. The summed E-state index contributed by atoms with van der Waals surface area (Å²) in [6, 6.07) is 12.2. The SMILES string of the molecule is COc1ccc(C)cc1C(Br)c1cccc(C)c1Cl. The van der Waals surface area contributed by atoms with Crippen LogP contribution >= 0.6 is 27.5 Å². The number of hydrogen-bond acceptors (Lipinski definition) is 1. The zero-order valence-corrected chi connectivity index (χ0v) is 13.5. The van der Waals surface area contributed by atoms with Crippen LogP contribution in [0.25, 0.3) is 0 Å². The maximum Gasteiger partial charge on any atom is 0.123 e. The van der Waals surface area contributed by atoms with Gasteiger partial charge in [0, 0.05) is 10.6 Å². The molecule has 0 aliphatic rings. The predicted octanol–water partition coefficient (Wildman–Crippen LogP) is 5.45. The molecule has 0 heterocycles. The van der Waals surface area contributed by atoms with Gasteiger partial charge >= 0.3 is 0 Å². The predicted molar refractivity (Wildman–Crippen MR) is 84.7 cm³/mol. The lowest BCUT2D eigenvalue weighted by molar-refractivity contribution is 0.410. The molecule has 0 aliphatic carbocycles. The van der Waals surface area contributed by atoms with E-state index in [1.165, 1.54) is 5.56 Å². The highest BCUT2D eigenvalue weighted by molar-refractivity contribution is 9.09. The van der Waals surface area contributed by atoms with Crippen LogP contribution in [0.5, 0.6) is 5.75 Å². The minimum Gasteiger partial charge on any atom is -0.496 e. The Kier molecular flexibility index (Phi) is 4.54. The van der Waals surface area contributed by atoms with Crippen LogP contribution in [0.15, 0.2) is 36.4 Å². The Hall–Kier alpha value is -0.990. The molecule has 0 saturated heterocycles. The smallest absolute Gasteiger partial charge is 0.123 e. The van der Waals surface area contributed by atoms with E-state index in [2.05, 4.69) is 28.9 Å². The Morgan fingerprint density at radius 2 is 1.84 bits per heavy atom. The van der Waals surface area contributed by atoms with Gasteiger partial charge < -0.3 is 4.74 Å². The fraction of sp³-hybridized carbons (Fsp3) is 0.250. The molecule has 1 nitrogen and oxygen atoms in total. The molecule has 100 valence electrons. The molecule has 0 spiro atoms. The molecule has 2 aromatic carbocycles. The van der Waals surface area contributed by atoms with Crippen molar-refractivity contribution in [1.29, 1.82) is 0 Å². The van der Waals surface area contributed by atoms with Crippen molar-refractivity contribution in [2.75, 3.05) is 7.11 Å². The van der Waals surface area contributed by atoms with Gasteiger partial charge in [-0.05, 0) is 31.0 Å². The van der Waals surface area contributed by atoms with Gasteiger partial charge in [-0.2, -0.15) is 0 Å². The summed E-state index contributed by atoms with van der Waals surface area (Å²) in [5.41, 5.74) is 4.43. The maximum atomic E-state index is 6.40. The van der Waals surface area contributed by atoms with E-state index in [1.54, 1.807) is 7.11 Å². The number of hydrogen-bond donors (Lipinski definition) is 0. The molecule has 2 aromatic rings. The normalized spacial score (nSPS) is 12.3. The molecule has 0 bridgehead atoms. The lowest BCUT2D eigenvalue weighted by Crippen LogP contribution is -1.99. The Balaban J connectivity index is 2.52. The quantitative estimate of drug-likeness (QED) is 0.676. The molecule has 19 heavy (non-hydrogen) atoms. The molecule has 1 atom stereocenters. The third-order valence-electron chi connectivity index (χ3n) is 3.15. The number of alkyl halides is 1. The van der Waals surface area contributed by atoms with Crippen LogP contribution in [0.2, 0.25) is 5.02 Å². The highest BCUT2D eigenvalue weighted by Gasteiger charge is 2.18. The molecule has 0 saturated carbocycles. The number of halogens is 2. The van der Waals surface area contributed by atoms with Crippen LogP contribution in [-0.2, 0) is 0 Å². The fourth-order valence-corrected chi connectivity index (χ4v) is 3.19. The van der Waals surface area contributed by atoms with Gasteiger partial charge in [-0.3, -0.25) is 0 Å². The minimum absolute atomic E-state index is 0.0229. The van der Waals surface area contributed by atoms with Crippen molar-refractivity contribution in [3.05, 3.63) is 63.7 Å². The summed E-state index contributed by atoms with van der Waals surface area (Å²) in [7, 11) is 1.69. The molecule has 1 unspecified atom stereocenters. The van der Waals surface area contributed by atoms with Gasteiger partial charge in [-0.1, -0.05) is 63.4 Å². The zero-order valence-electron chi connectivity index (χ0n) is 11.2. The van der Waals surface area contributed by atoms with Gasteiger partial charge in [-0.25, -0.2) is 0 Å². The molecule has 0 amide bonds. The van der Waals surface area contributed by atoms with Gasteiger partial charge in [0.2, 0.25) is 0 Å². The van der Waals surface area contributed by atoms with Gasteiger partial charge in [0.15, 0.2) is 0 Å². The number of aryl methyl sites for hydroxylation is 2. The molecule has 0 aliphatic heterocycles. The fourth-order valence-electron chi connectivity index (χ4n) is 2.09. The van der Waals surface area contributed by atoms with E-state index in [-0.39, 0.29) is 4.83 Å². The second kappa shape index (κ2) is 5.98. The van der Waals surface area contributed by atoms with Crippen LogP contribution in [-0.4, -0.2) is 7.11 Å². The highest BCUT2D eigenvalue weighted by Crippen LogP contribution is 2.40. The van der Waals surface area contributed by atoms with E-state index in [9.17, 15) is 0 Å². The molecular weight excluding hydrogens is 324 g/mol. The van der Waals surface area contributed by atoms with Crippen molar-refractivity contribution in [1.82, 2.24) is 0 Å². The average molecular weight is 340 g/mol. The van der Waals surface area contributed by atoms with E-state index in [0.717, 1.165) is 27.5 Å². The third kappa shape index (κ3) is 2.96. The summed E-state index contributed by atoms with van der Waals surface area (Å²) in [6.45, 7) is 4.08. The highest BCUT2D eigenvalue weighted by atomic mass is 79.9. The average Bonchev–Trinajstić information content (AvgIpc) is 2.41. The third-order valence-corrected chi connectivity index (χ3v) is 4.66. The number of rotatable bonds is 3. The van der Waals surface area contributed by atoms with Gasteiger partial charge in [0.1, 0.15) is 5.75 Å². The molecule has 0 aromatic heterocycles. The van der Waals surface area contributed by atoms with E-state index in [4.69, 9.17) is 16.3 Å². The van der Waals surface area contributed by atoms with Crippen molar-refractivity contribution in [3.63, 3.8) is 0 Å². The van der Waals surface area contributed by atoms with E-state index in [1.807, 2.05) is 37.3 Å². The Labute approximate surface area is 127 Å². The van der Waals surface area contributed by atoms with Crippen LogP contribution in [0.1, 0.15) is 27.1 Å². The molecule has 0 N–H and O–H groups in total.